The Morgan fingerprint density at radius 1 is 1.21 bits per heavy atom. The minimum Gasteiger partial charge on any atom is -0.493 e. The van der Waals surface area contributed by atoms with Crippen molar-refractivity contribution in [2.75, 3.05) is 19.5 Å². The molecule has 0 unspecified atom stereocenters. The summed E-state index contributed by atoms with van der Waals surface area (Å²) in [4.78, 5) is 12.2. The first kappa shape index (κ1) is 17.9. The third-order valence-electron chi connectivity index (χ3n) is 4.10. The second-order valence-corrected chi connectivity index (χ2v) is 6.93. The van der Waals surface area contributed by atoms with Crippen molar-refractivity contribution in [1.29, 1.82) is 5.26 Å². The number of methoxy groups -OCH3 is 2. The van der Waals surface area contributed by atoms with Gasteiger partial charge in [-0.15, -0.1) is 0 Å². The fraction of sp³-hybridized carbons (Fsp3) is 0.556. The van der Waals surface area contributed by atoms with Gasteiger partial charge in [0.1, 0.15) is 5.60 Å². The van der Waals surface area contributed by atoms with Crippen molar-refractivity contribution in [3.8, 4) is 17.6 Å². The lowest BCUT2D eigenvalue weighted by molar-refractivity contribution is 0.0635. The van der Waals surface area contributed by atoms with E-state index >= 15 is 0 Å². The lowest BCUT2D eigenvalue weighted by Gasteiger charge is -2.37. The average Bonchev–Trinajstić information content (AvgIpc) is 2.45. The first-order chi connectivity index (χ1) is 11.2. The molecule has 1 aromatic rings. The maximum atomic E-state index is 12.2. The highest BCUT2D eigenvalue weighted by atomic mass is 16.6. The summed E-state index contributed by atoms with van der Waals surface area (Å²) in [5.41, 5.74) is 0.0385. The number of anilines is 1. The molecule has 1 fully saturated rings. The molecule has 0 atom stereocenters. The van der Waals surface area contributed by atoms with E-state index in [4.69, 9.17) is 14.2 Å². The maximum absolute atomic E-state index is 12.2. The first-order valence-electron chi connectivity index (χ1n) is 7.92. The van der Waals surface area contributed by atoms with Gasteiger partial charge in [0.2, 0.25) is 0 Å². The van der Waals surface area contributed by atoms with Crippen LogP contribution < -0.4 is 14.8 Å². The third-order valence-corrected chi connectivity index (χ3v) is 4.10. The Labute approximate surface area is 142 Å². The number of carbonyl (C=O) groups is 1. The minimum atomic E-state index is -0.607. The van der Waals surface area contributed by atoms with Crippen LogP contribution in [0.15, 0.2) is 12.1 Å². The standard InChI is InChI=1S/C18H24N2O4/c1-17(2,3)24-16(21)20-13-10-15(23-5)14(22-4)9-12(13)18(11-19)7-6-8-18/h9-10H,6-8H2,1-5H3,(H,20,21). The third kappa shape index (κ3) is 3.56. The van der Waals surface area contributed by atoms with Gasteiger partial charge in [0.15, 0.2) is 11.5 Å². The molecule has 1 aliphatic rings. The highest BCUT2D eigenvalue weighted by Crippen LogP contribution is 2.48. The smallest absolute Gasteiger partial charge is 0.412 e. The summed E-state index contributed by atoms with van der Waals surface area (Å²) in [6, 6.07) is 5.84. The van der Waals surface area contributed by atoms with Gasteiger partial charge in [-0.2, -0.15) is 5.26 Å². The van der Waals surface area contributed by atoms with Crippen molar-refractivity contribution < 1.29 is 19.0 Å². The second-order valence-electron chi connectivity index (χ2n) is 6.93. The molecule has 24 heavy (non-hydrogen) atoms. The lowest BCUT2D eigenvalue weighted by atomic mass is 9.65. The number of ether oxygens (including phenoxy) is 3. The van der Waals surface area contributed by atoms with Crippen LogP contribution in [0.1, 0.15) is 45.6 Å². The summed E-state index contributed by atoms with van der Waals surface area (Å²) in [6.07, 6.45) is 1.92. The number of benzene rings is 1. The van der Waals surface area contributed by atoms with Gasteiger partial charge in [0.05, 0.1) is 31.4 Å². The van der Waals surface area contributed by atoms with Gasteiger partial charge in [-0.25, -0.2) is 4.79 Å². The van der Waals surface area contributed by atoms with E-state index in [1.807, 2.05) is 0 Å². The van der Waals surface area contributed by atoms with E-state index < -0.39 is 17.1 Å². The molecule has 1 N–H and O–H groups in total. The van der Waals surface area contributed by atoms with E-state index in [1.165, 1.54) is 7.11 Å². The summed E-state index contributed by atoms with van der Waals surface area (Å²) in [5.74, 6) is 1.02. The van der Waals surface area contributed by atoms with Gasteiger partial charge < -0.3 is 14.2 Å². The number of rotatable bonds is 4. The molecule has 6 heteroatoms. The molecule has 130 valence electrons. The number of carbonyl (C=O) groups excluding carboxylic acids is 1. The molecule has 0 heterocycles. The summed E-state index contributed by atoms with van der Waals surface area (Å²) >= 11 is 0. The van der Waals surface area contributed by atoms with E-state index in [2.05, 4.69) is 11.4 Å². The van der Waals surface area contributed by atoms with Gasteiger partial charge in [0, 0.05) is 6.07 Å². The Balaban J connectivity index is 2.44. The predicted molar refractivity (Wildman–Crippen MR) is 90.5 cm³/mol. The van der Waals surface area contributed by atoms with Crippen molar-refractivity contribution in [3.05, 3.63) is 17.7 Å². The van der Waals surface area contributed by atoms with E-state index in [0.29, 0.717) is 17.2 Å². The number of nitrogens with one attached hydrogen (secondary N) is 1. The van der Waals surface area contributed by atoms with Gasteiger partial charge in [-0.3, -0.25) is 5.32 Å². The summed E-state index contributed by atoms with van der Waals surface area (Å²) in [5, 5.41) is 12.4. The first-order valence-corrected chi connectivity index (χ1v) is 7.92. The van der Waals surface area contributed by atoms with Gasteiger partial charge in [-0.05, 0) is 51.7 Å². The number of nitriles is 1. The molecule has 0 spiro atoms. The molecule has 0 aliphatic heterocycles. The molecule has 6 nitrogen and oxygen atoms in total. The van der Waals surface area contributed by atoms with Crippen LogP contribution in [0.3, 0.4) is 0 Å². The SMILES string of the molecule is COc1cc(NC(=O)OC(C)(C)C)c(C2(C#N)CCC2)cc1OC. The topological polar surface area (TPSA) is 80.6 Å². The molecule has 1 aromatic carbocycles. The molecule has 0 bridgehead atoms. The Bertz CT molecular complexity index is 667. The zero-order valence-corrected chi connectivity index (χ0v) is 14.9. The molecule has 2 rings (SSSR count). The zero-order chi connectivity index (χ0) is 18.0. The van der Waals surface area contributed by atoms with Crippen LogP contribution in [-0.4, -0.2) is 25.9 Å². The maximum Gasteiger partial charge on any atom is 0.412 e. The average molecular weight is 332 g/mol. The Kier molecular flexibility index (Phi) is 4.93. The highest BCUT2D eigenvalue weighted by molar-refractivity contribution is 5.87. The van der Waals surface area contributed by atoms with Gasteiger partial charge in [0.25, 0.3) is 0 Å². The second kappa shape index (κ2) is 6.60. The normalized spacial score (nSPS) is 15.7. The fourth-order valence-electron chi connectivity index (χ4n) is 2.76. The van der Waals surface area contributed by atoms with E-state index in [9.17, 15) is 10.1 Å². The molecule has 1 amide bonds. The fourth-order valence-corrected chi connectivity index (χ4v) is 2.76. The Hall–Kier alpha value is -2.42. The number of hydrogen-bond donors (Lipinski definition) is 1. The monoisotopic (exact) mass is 332 g/mol. The number of amides is 1. The van der Waals surface area contributed by atoms with Gasteiger partial charge >= 0.3 is 6.09 Å². The van der Waals surface area contributed by atoms with E-state index in [1.54, 1.807) is 40.0 Å². The van der Waals surface area contributed by atoms with Crippen molar-refractivity contribution in [2.45, 2.75) is 51.0 Å². The van der Waals surface area contributed by atoms with Crippen molar-refractivity contribution in [3.63, 3.8) is 0 Å². The van der Waals surface area contributed by atoms with E-state index in [-0.39, 0.29) is 0 Å². The lowest BCUT2D eigenvalue weighted by Crippen LogP contribution is -2.34. The zero-order valence-electron chi connectivity index (χ0n) is 14.9. The Morgan fingerprint density at radius 2 is 1.79 bits per heavy atom. The summed E-state index contributed by atoms with van der Waals surface area (Å²) < 4.78 is 16.0. The number of nitrogens with zero attached hydrogens (tertiary/aromatic N) is 1. The van der Waals surface area contributed by atoms with Crippen molar-refractivity contribution in [1.82, 2.24) is 0 Å². The van der Waals surface area contributed by atoms with Crippen molar-refractivity contribution in [2.24, 2.45) is 0 Å². The van der Waals surface area contributed by atoms with Crippen LogP contribution in [0.4, 0.5) is 10.5 Å². The summed E-state index contributed by atoms with van der Waals surface area (Å²) in [7, 11) is 3.07. The molecule has 0 aromatic heterocycles. The molecule has 0 radical (unpaired) electrons. The van der Waals surface area contributed by atoms with Crippen LogP contribution in [-0.2, 0) is 10.2 Å². The van der Waals surface area contributed by atoms with E-state index in [0.717, 1.165) is 24.8 Å². The molecule has 0 saturated heterocycles. The van der Waals surface area contributed by atoms with Crippen LogP contribution in [0, 0.1) is 11.3 Å². The quantitative estimate of drug-likeness (QED) is 0.901. The van der Waals surface area contributed by atoms with Crippen LogP contribution in [0.5, 0.6) is 11.5 Å². The predicted octanol–water partition coefficient (Wildman–Crippen LogP) is 4.00. The molecular weight excluding hydrogens is 308 g/mol. The Morgan fingerprint density at radius 3 is 2.21 bits per heavy atom. The van der Waals surface area contributed by atoms with Crippen LogP contribution in [0.25, 0.3) is 0 Å². The number of hydrogen-bond acceptors (Lipinski definition) is 5. The molecule has 1 saturated carbocycles. The minimum absolute atomic E-state index is 0.486. The summed E-state index contributed by atoms with van der Waals surface area (Å²) in [6.45, 7) is 5.39. The van der Waals surface area contributed by atoms with Crippen molar-refractivity contribution >= 4 is 11.8 Å². The van der Waals surface area contributed by atoms with Crippen LogP contribution in [0.2, 0.25) is 0 Å². The molecular formula is C18H24N2O4. The van der Waals surface area contributed by atoms with Gasteiger partial charge in [-0.1, -0.05) is 0 Å². The highest BCUT2D eigenvalue weighted by Gasteiger charge is 2.41. The van der Waals surface area contributed by atoms with Crippen LogP contribution >= 0.6 is 0 Å². The molecule has 1 aliphatic carbocycles. The largest absolute Gasteiger partial charge is 0.493 e.